The Kier molecular flexibility index (Phi) is 4.31. The molecule has 0 aliphatic heterocycles. The minimum Gasteiger partial charge on any atom is -0.192 e. The van der Waals surface area contributed by atoms with Crippen molar-refractivity contribution in [1.82, 2.24) is 0 Å². The molecule has 84 valence electrons. The van der Waals surface area contributed by atoms with Gasteiger partial charge < -0.3 is 0 Å². The van der Waals surface area contributed by atoms with E-state index in [2.05, 4.69) is 0 Å². The fourth-order valence-corrected chi connectivity index (χ4v) is 1.74. The van der Waals surface area contributed by atoms with Crippen molar-refractivity contribution in [2.24, 2.45) is 0 Å². The van der Waals surface area contributed by atoms with E-state index in [1.54, 1.807) is 24.3 Å². The number of hydrogen-bond acceptors (Lipinski definition) is 4. The van der Waals surface area contributed by atoms with Crippen molar-refractivity contribution in [2.45, 2.75) is 0 Å². The van der Waals surface area contributed by atoms with Gasteiger partial charge in [0.05, 0.1) is 10.0 Å². The van der Waals surface area contributed by atoms with Gasteiger partial charge in [0.15, 0.2) is 0 Å². The maximum absolute atomic E-state index is 8.74. The number of nitrogens with zero attached hydrogens (tertiary/aromatic N) is 4. The average molecular weight is 273 g/mol. The van der Waals surface area contributed by atoms with Crippen molar-refractivity contribution in [3.63, 3.8) is 0 Å². The minimum absolute atomic E-state index is 0.0792. The summed E-state index contributed by atoms with van der Waals surface area (Å²) >= 11 is 11.8. The maximum atomic E-state index is 8.74. The predicted octanol–water partition coefficient (Wildman–Crippen LogP) is 1.39. The fourth-order valence-electron chi connectivity index (χ4n) is 1.22. The normalized spacial score (nSPS) is 8.33. The van der Waals surface area contributed by atoms with E-state index < -0.39 is 0 Å². The summed E-state index contributed by atoms with van der Waals surface area (Å²) in [4.78, 5) is 0. The van der Waals surface area contributed by atoms with E-state index in [-0.39, 0.29) is 31.6 Å². The molecule has 0 aromatic heterocycles. The summed E-state index contributed by atoms with van der Waals surface area (Å²) in [7, 11) is 0. The smallest absolute Gasteiger partial charge is 0.138 e. The summed E-state index contributed by atoms with van der Waals surface area (Å²) in [6, 6.07) is 9.33. The van der Waals surface area contributed by atoms with Crippen LogP contribution in [0.25, 0.3) is 11.1 Å². The predicted molar refractivity (Wildman–Crippen MR) is 65.0 cm³/mol. The Morgan fingerprint density at radius 2 is 1.00 bits per heavy atom. The zero-order chi connectivity index (χ0) is 13.7. The van der Waals surface area contributed by atoms with E-state index in [4.69, 9.17) is 44.2 Å². The van der Waals surface area contributed by atoms with Gasteiger partial charge in [-0.15, -0.1) is 0 Å². The van der Waals surface area contributed by atoms with Crippen LogP contribution in [-0.2, 0) is 0 Å². The highest BCUT2D eigenvalue weighted by atomic mass is 35.5. The van der Waals surface area contributed by atoms with Crippen LogP contribution in [0.2, 0.25) is 10.0 Å². The van der Waals surface area contributed by atoms with Gasteiger partial charge in [0.25, 0.3) is 0 Å². The van der Waals surface area contributed by atoms with E-state index >= 15 is 0 Å². The molecule has 0 atom stereocenters. The first-order chi connectivity index (χ1) is 8.58. The van der Waals surface area contributed by atoms with Crippen molar-refractivity contribution >= 4 is 34.3 Å². The highest BCUT2D eigenvalue weighted by Gasteiger charge is 2.06. The van der Waals surface area contributed by atoms with Crippen molar-refractivity contribution in [2.75, 3.05) is 0 Å². The molecule has 0 aliphatic rings. The van der Waals surface area contributed by atoms with Crippen LogP contribution in [0.4, 0.5) is 0 Å². The lowest BCUT2D eigenvalue weighted by atomic mass is 10.1. The number of halogens is 2. The van der Waals surface area contributed by atoms with Crippen LogP contribution in [0.5, 0.6) is 0 Å². The Morgan fingerprint density at radius 1 is 0.722 bits per heavy atom. The topological polar surface area (TPSA) is 95.2 Å². The van der Waals surface area contributed by atoms with Gasteiger partial charge in [0.2, 0.25) is 0 Å². The van der Waals surface area contributed by atoms with Gasteiger partial charge in [0.1, 0.15) is 35.4 Å². The second-order valence-corrected chi connectivity index (χ2v) is 3.82. The first-order valence-corrected chi connectivity index (χ1v) is 5.18. The highest BCUT2D eigenvalue weighted by molar-refractivity contribution is 6.33. The minimum atomic E-state index is -0.191. The molecular formula is C12H2Cl2N4. The molecule has 4 nitrogen and oxygen atoms in total. The van der Waals surface area contributed by atoms with E-state index in [9.17, 15) is 0 Å². The SMILES string of the molecule is N#CC(C#N)=c1cc(Cl)c(=C(C#N)C#N)cc1Cl. The third kappa shape index (κ3) is 2.42. The third-order valence-corrected chi connectivity index (χ3v) is 2.67. The Labute approximate surface area is 112 Å². The van der Waals surface area contributed by atoms with Gasteiger partial charge in [-0.05, 0) is 12.1 Å². The lowest BCUT2D eigenvalue weighted by Crippen LogP contribution is -2.15. The van der Waals surface area contributed by atoms with Crippen LogP contribution in [0.1, 0.15) is 0 Å². The van der Waals surface area contributed by atoms with E-state index in [0.717, 1.165) is 0 Å². The Balaban J connectivity index is 3.96. The molecule has 18 heavy (non-hydrogen) atoms. The zero-order valence-corrected chi connectivity index (χ0v) is 10.2. The van der Waals surface area contributed by atoms with E-state index in [1.807, 2.05) is 0 Å². The molecule has 0 aliphatic carbocycles. The molecule has 1 rings (SSSR count). The summed E-state index contributed by atoms with van der Waals surface area (Å²) < 4.78 is 0. The number of nitriles is 4. The Hall–Kier alpha value is -2.50. The Morgan fingerprint density at radius 3 is 1.22 bits per heavy atom. The van der Waals surface area contributed by atoms with E-state index in [0.29, 0.717) is 0 Å². The molecule has 0 amide bonds. The molecule has 0 fully saturated rings. The lowest BCUT2D eigenvalue weighted by Gasteiger charge is -1.97. The van der Waals surface area contributed by atoms with Crippen LogP contribution >= 0.6 is 23.2 Å². The average Bonchev–Trinajstić information content (AvgIpc) is 2.37. The van der Waals surface area contributed by atoms with Crippen LogP contribution in [0.3, 0.4) is 0 Å². The fraction of sp³-hybridized carbons (Fsp3) is 0. The molecule has 0 saturated carbocycles. The highest BCUT2D eigenvalue weighted by Crippen LogP contribution is 2.07. The third-order valence-electron chi connectivity index (χ3n) is 2.04. The molecule has 1 aromatic rings. The molecule has 6 heteroatoms. The molecule has 0 bridgehead atoms. The summed E-state index contributed by atoms with van der Waals surface area (Å²) in [5, 5.41) is 35.5. The quantitative estimate of drug-likeness (QED) is 0.713. The lowest BCUT2D eigenvalue weighted by molar-refractivity contribution is 1.46. The molecule has 1 aromatic carbocycles. The van der Waals surface area contributed by atoms with Gasteiger partial charge in [-0.1, -0.05) is 23.2 Å². The van der Waals surface area contributed by atoms with Crippen molar-refractivity contribution in [1.29, 1.82) is 21.0 Å². The zero-order valence-electron chi connectivity index (χ0n) is 8.70. The largest absolute Gasteiger partial charge is 0.192 e. The van der Waals surface area contributed by atoms with Gasteiger partial charge in [0, 0.05) is 10.4 Å². The van der Waals surface area contributed by atoms with Crippen LogP contribution in [0, 0.1) is 45.3 Å². The first-order valence-electron chi connectivity index (χ1n) is 4.43. The summed E-state index contributed by atoms with van der Waals surface area (Å²) in [5.41, 5.74) is -0.382. The molecule has 0 radical (unpaired) electrons. The summed E-state index contributed by atoms with van der Waals surface area (Å²) in [6.45, 7) is 0. The van der Waals surface area contributed by atoms with Crippen LogP contribution in [-0.4, -0.2) is 0 Å². The van der Waals surface area contributed by atoms with Gasteiger partial charge in [-0.3, -0.25) is 0 Å². The van der Waals surface area contributed by atoms with Crippen LogP contribution < -0.4 is 10.4 Å². The molecular weight excluding hydrogens is 271 g/mol. The second kappa shape index (κ2) is 5.72. The molecule has 0 unspecified atom stereocenters. The van der Waals surface area contributed by atoms with Crippen molar-refractivity contribution < 1.29 is 0 Å². The van der Waals surface area contributed by atoms with Crippen LogP contribution in [0.15, 0.2) is 12.1 Å². The van der Waals surface area contributed by atoms with Crippen molar-refractivity contribution in [3.05, 3.63) is 32.6 Å². The van der Waals surface area contributed by atoms with Gasteiger partial charge >= 0.3 is 0 Å². The second-order valence-electron chi connectivity index (χ2n) is 3.01. The molecule has 0 saturated heterocycles. The van der Waals surface area contributed by atoms with Gasteiger partial charge in [-0.25, -0.2) is 0 Å². The number of hydrogen-bond donors (Lipinski definition) is 0. The first kappa shape index (κ1) is 13.6. The monoisotopic (exact) mass is 272 g/mol. The Bertz CT molecular complexity index is 693. The summed E-state index contributed by atoms with van der Waals surface area (Å²) in [6.07, 6.45) is 0. The molecule has 0 spiro atoms. The maximum Gasteiger partial charge on any atom is 0.138 e. The van der Waals surface area contributed by atoms with Gasteiger partial charge in [-0.2, -0.15) is 21.0 Å². The number of benzene rings is 1. The molecule has 0 heterocycles. The van der Waals surface area contributed by atoms with E-state index in [1.165, 1.54) is 12.1 Å². The number of rotatable bonds is 0. The standard InChI is InChI=1S/C12H2Cl2N4/c13-11-1-9(7(3-15)4-16)12(14)2-10(11)8(5-17)6-18/h1-2H. The summed E-state index contributed by atoms with van der Waals surface area (Å²) in [5.74, 6) is 0. The van der Waals surface area contributed by atoms with Crippen molar-refractivity contribution in [3.8, 4) is 24.3 Å². The molecule has 0 N–H and O–H groups in total.